The molecular weight excluding hydrogens is 499 g/mol. The maximum atomic E-state index is 12.5. The van der Waals surface area contributed by atoms with Crippen LogP contribution in [0.25, 0.3) is 0 Å². The van der Waals surface area contributed by atoms with Gasteiger partial charge in [-0.05, 0) is 56.7 Å². The van der Waals surface area contributed by atoms with E-state index in [1.165, 1.54) is 16.1 Å². The zero-order valence-corrected chi connectivity index (χ0v) is 20.5. The lowest BCUT2D eigenvalue weighted by atomic mass is 10.1. The van der Waals surface area contributed by atoms with Crippen LogP contribution in [0.5, 0.6) is 0 Å². The Morgan fingerprint density at radius 2 is 2.17 bits per heavy atom. The third-order valence-corrected chi connectivity index (χ3v) is 5.84. The van der Waals surface area contributed by atoms with Crippen LogP contribution in [0.3, 0.4) is 0 Å². The van der Waals surface area contributed by atoms with E-state index in [9.17, 15) is 4.79 Å². The summed E-state index contributed by atoms with van der Waals surface area (Å²) in [5.74, 6) is 0.772. The lowest BCUT2D eigenvalue weighted by Crippen LogP contribution is -2.40. The molecule has 0 saturated carbocycles. The average molecular weight is 530 g/mol. The molecule has 0 aliphatic carbocycles. The Kier molecular flexibility index (Phi) is 9.41. The predicted octanol–water partition coefficient (Wildman–Crippen LogP) is 2.71. The van der Waals surface area contributed by atoms with Crippen LogP contribution < -0.4 is 10.6 Å². The number of carbonyl (C=O) groups excluding carboxylic acids is 1. The molecule has 2 aromatic rings. The van der Waals surface area contributed by atoms with Gasteiger partial charge in [0.1, 0.15) is 6.54 Å². The highest BCUT2D eigenvalue weighted by Gasteiger charge is 2.21. The minimum absolute atomic E-state index is 0. The molecule has 1 amide bonds. The highest BCUT2D eigenvalue weighted by molar-refractivity contribution is 14.0. The lowest BCUT2D eigenvalue weighted by Gasteiger charge is -2.26. The second-order valence-electron chi connectivity index (χ2n) is 7.06. The van der Waals surface area contributed by atoms with E-state index >= 15 is 0 Å². The Morgan fingerprint density at radius 3 is 2.90 bits per heavy atom. The average Bonchev–Trinajstić information content (AvgIpc) is 3.27. The van der Waals surface area contributed by atoms with E-state index < -0.39 is 0 Å². The number of aliphatic imine (C=N–C) groups is 1. The van der Waals surface area contributed by atoms with Crippen LogP contribution in [-0.4, -0.2) is 52.7 Å². The first-order valence-corrected chi connectivity index (χ1v) is 10.8. The first-order chi connectivity index (χ1) is 13.6. The Morgan fingerprint density at radius 1 is 1.34 bits per heavy atom. The van der Waals surface area contributed by atoms with Crippen LogP contribution in [0.2, 0.25) is 0 Å². The number of hydrogen-bond acceptors (Lipinski definition) is 4. The number of guanidine groups is 1. The number of rotatable bonds is 7. The van der Waals surface area contributed by atoms with Crippen molar-refractivity contribution < 1.29 is 4.79 Å². The quantitative estimate of drug-likeness (QED) is 0.250. The SMILES string of the molecule is CCNC(=NCC(=O)N1CCc2sccc2C1)NCCCn1nc(C)cc1C.I. The minimum atomic E-state index is 0. The summed E-state index contributed by atoms with van der Waals surface area (Å²) in [6.07, 6.45) is 1.89. The maximum Gasteiger partial charge on any atom is 0.244 e. The van der Waals surface area contributed by atoms with E-state index in [1.54, 1.807) is 11.3 Å². The molecular formula is C20H31IN6OS. The highest BCUT2D eigenvalue weighted by Crippen LogP contribution is 2.23. The summed E-state index contributed by atoms with van der Waals surface area (Å²) in [6, 6.07) is 4.21. The van der Waals surface area contributed by atoms with Crippen molar-refractivity contribution in [2.24, 2.45) is 4.99 Å². The van der Waals surface area contributed by atoms with E-state index in [0.717, 1.165) is 44.7 Å². The van der Waals surface area contributed by atoms with Gasteiger partial charge in [0, 0.05) is 43.3 Å². The number of hydrogen-bond donors (Lipinski definition) is 2. The predicted molar refractivity (Wildman–Crippen MR) is 129 cm³/mol. The number of nitrogens with zero attached hydrogens (tertiary/aromatic N) is 4. The Hall–Kier alpha value is -1.62. The van der Waals surface area contributed by atoms with Crippen molar-refractivity contribution in [1.82, 2.24) is 25.3 Å². The number of nitrogens with one attached hydrogen (secondary N) is 2. The van der Waals surface area contributed by atoms with Crippen molar-refractivity contribution in [3.05, 3.63) is 39.3 Å². The Labute approximate surface area is 194 Å². The molecule has 0 radical (unpaired) electrons. The molecule has 0 spiro atoms. The van der Waals surface area contributed by atoms with Crippen molar-refractivity contribution in [3.8, 4) is 0 Å². The van der Waals surface area contributed by atoms with E-state index in [0.29, 0.717) is 12.5 Å². The summed E-state index contributed by atoms with van der Waals surface area (Å²) in [5, 5.41) is 13.1. The van der Waals surface area contributed by atoms with Gasteiger partial charge in [0.25, 0.3) is 0 Å². The molecule has 2 N–H and O–H groups in total. The summed E-state index contributed by atoms with van der Waals surface area (Å²) in [6.45, 7) is 10.2. The number of aryl methyl sites for hydroxylation is 3. The van der Waals surface area contributed by atoms with Gasteiger partial charge in [0.15, 0.2) is 5.96 Å². The largest absolute Gasteiger partial charge is 0.357 e. The standard InChI is InChI=1S/C20H30N6OS.HI/c1-4-21-20(22-8-5-9-26-16(3)12-15(2)24-26)23-13-19(27)25-10-6-18-17(14-25)7-11-28-18;/h7,11-12H,4-6,8-10,13-14H2,1-3H3,(H2,21,22,23);1H. The fourth-order valence-corrected chi connectivity index (χ4v) is 4.28. The van der Waals surface area contributed by atoms with Gasteiger partial charge in [-0.15, -0.1) is 35.3 Å². The minimum Gasteiger partial charge on any atom is -0.357 e. The number of fused-ring (bicyclic) bond motifs is 1. The molecule has 3 rings (SSSR count). The van der Waals surface area contributed by atoms with Gasteiger partial charge in [0.05, 0.1) is 5.69 Å². The summed E-state index contributed by atoms with van der Waals surface area (Å²) in [5.41, 5.74) is 3.51. The van der Waals surface area contributed by atoms with Crippen LogP contribution >= 0.6 is 35.3 Å². The van der Waals surface area contributed by atoms with Crippen molar-refractivity contribution in [2.45, 2.75) is 46.7 Å². The van der Waals surface area contributed by atoms with E-state index in [2.05, 4.69) is 45.2 Å². The topological polar surface area (TPSA) is 74.6 Å². The number of thiophene rings is 1. The van der Waals surface area contributed by atoms with Crippen LogP contribution in [0.4, 0.5) is 0 Å². The summed E-state index contributed by atoms with van der Waals surface area (Å²) in [7, 11) is 0. The van der Waals surface area contributed by atoms with Gasteiger partial charge in [-0.25, -0.2) is 4.99 Å². The summed E-state index contributed by atoms with van der Waals surface area (Å²) in [4.78, 5) is 20.3. The van der Waals surface area contributed by atoms with Crippen molar-refractivity contribution in [1.29, 1.82) is 0 Å². The van der Waals surface area contributed by atoms with Gasteiger partial charge in [-0.1, -0.05) is 0 Å². The van der Waals surface area contributed by atoms with E-state index in [1.807, 2.05) is 23.4 Å². The van der Waals surface area contributed by atoms with Gasteiger partial charge < -0.3 is 15.5 Å². The fourth-order valence-electron chi connectivity index (χ4n) is 3.39. The molecule has 0 saturated heterocycles. The molecule has 0 aromatic carbocycles. The zero-order valence-electron chi connectivity index (χ0n) is 17.4. The van der Waals surface area contributed by atoms with Crippen molar-refractivity contribution in [3.63, 3.8) is 0 Å². The second kappa shape index (κ2) is 11.5. The normalized spacial score (nSPS) is 13.6. The molecule has 0 unspecified atom stereocenters. The fraction of sp³-hybridized carbons (Fsp3) is 0.550. The molecule has 2 aromatic heterocycles. The van der Waals surface area contributed by atoms with Crippen LogP contribution in [-0.2, 0) is 24.3 Å². The second-order valence-corrected chi connectivity index (χ2v) is 8.06. The van der Waals surface area contributed by atoms with Crippen molar-refractivity contribution >= 4 is 47.2 Å². The van der Waals surface area contributed by atoms with Crippen LogP contribution in [0.15, 0.2) is 22.5 Å². The number of amides is 1. The third-order valence-electron chi connectivity index (χ3n) is 4.82. The monoisotopic (exact) mass is 530 g/mol. The van der Waals surface area contributed by atoms with Crippen LogP contribution in [0, 0.1) is 13.8 Å². The maximum absolute atomic E-state index is 12.5. The number of carbonyl (C=O) groups is 1. The van der Waals surface area contributed by atoms with Gasteiger partial charge >= 0.3 is 0 Å². The lowest BCUT2D eigenvalue weighted by molar-refractivity contribution is -0.130. The molecule has 1 aliphatic rings. The Balaban J connectivity index is 0.00000300. The Bertz CT molecular complexity index is 831. The molecule has 0 bridgehead atoms. The number of aromatic nitrogens is 2. The number of halogens is 1. The van der Waals surface area contributed by atoms with Gasteiger partial charge in [0.2, 0.25) is 5.91 Å². The van der Waals surface area contributed by atoms with Gasteiger partial charge in [-0.2, -0.15) is 5.10 Å². The third kappa shape index (κ3) is 6.70. The van der Waals surface area contributed by atoms with Crippen molar-refractivity contribution in [2.75, 3.05) is 26.2 Å². The molecule has 0 fully saturated rings. The van der Waals surface area contributed by atoms with E-state index in [-0.39, 0.29) is 36.4 Å². The smallest absolute Gasteiger partial charge is 0.244 e. The molecule has 0 atom stereocenters. The van der Waals surface area contributed by atoms with Gasteiger partial charge in [-0.3, -0.25) is 9.48 Å². The highest BCUT2D eigenvalue weighted by atomic mass is 127. The van der Waals surface area contributed by atoms with E-state index in [4.69, 9.17) is 0 Å². The molecule has 3 heterocycles. The van der Waals surface area contributed by atoms with Crippen LogP contribution in [0.1, 0.15) is 35.2 Å². The molecule has 1 aliphatic heterocycles. The zero-order chi connectivity index (χ0) is 19.9. The molecule has 160 valence electrons. The first-order valence-electron chi connectivity index (χ1n) is 9.93. The molecule has 7 nitrogen and oxygen atoms in total. The summed E-state index contributed by atoms with van der Waals surface area (Å²) >= 11 is 1.78. The summed E-state index contributed by atoms with van der Waals surface area (Å²) < 4.78 is 2.03. The molecule has 29 heavy (non-hydrogen) atoms. The molecule has 9 heteroatoms. The first kappa shape index (κ1) is 23.7.